The first-order valence-electron chi connectivity index (χ1n) is 4.98. The minimum absolute atomic E-state index is 0.583. The first-order chi connectivity index (χ1) is 7.65. The Morgan fingerprint density at radius 3 is 2.81 bits per heavy atom. The van der Waals surface area contributed by atoms with Crippen molar-refractivity contribution in [1.29, 1.82) is 0 Å². The van der Waals surface area contributed by atoms with Crippen LogP contribution in [0.3, 0.4) is 0 Å². The Balaban J connectivity index is 2.02. The number of halogens is 1. The standard InChI is InChI=1S/C11H12ClN3O/c1-7-14-11(15-16-7)5-3-8-2-4-9(12)10(13)6-8/h2,4,6H,3,5,13H2,1H3. The zero-order valence-corrected chi connectivity index (χ0v) is 9.66. The molecule has 0 saturated heterocycles. The SMILES string of the molecule is Cc1nc(CCc2ccc(Cl)c(N)c2)no1. The molecule has 0 aliphatic carbocycles. The fourth-order valence-electron chi connectivity index (χ4n) is 1.45. The lowest BCUT2D eigenvalue weighted by atomic mass is 10.1. The third-order valence-corrected chi connectivity index (χ3v) is 2.61. The van der Waals surface area contributed by atoms with E-state index in [0.29, 0.717) is 22.4 Å². The highest BCUT2D eigenvalue weighted by atomic mass is 35.5. The van der Waals surface area contributed by atoms with Gasteiger partial charge in [0, 0.05) is 13.3 Å². The van der Waals surface area contributed by atoms with Crippen molar-refractivity contribution in [2.24, 2.45) is 0 Å². The molecule has 16 heavy (non-hydrogen) atoms. The Morgan fingerprint density at radius 1 is 1.38 bits per heavy atom. The molecule has 5 heteroatoms. The summed E-state index contributed by atoms with van der Waals surface area (Å²) in [5, 5.41) is 4.41. The summed E-state index contributed by atoms with van der Waals surface area (Å²) in [5.74, 6) is 1.30. The molecule has 0 aliphatic heterocycles. The van der Waals surface area contributed by atoms with Crippen LogP contribution in [-0.2, 0) is 12.8 Å². The number of anilines is 1. The third-order valence-electron chi connectivity index (χ3n) is 2.27. The molecule has 2 aromatic rings. The molecule has 1 aromatic carbocycles. The van der Waals surface area contributed by atoms with Crippen LogP contribution in [0.25, 0.3) is 0 Å². The van der Waals surface area contributed by atoms with Gasteiger partial charge < -0.3 is 10.3 Å². The summed E-state index contributed by atoms with van der Waals surface area (Å²) in [6.45, 7) is 1.77. The molecule has 0 unspecified atom stereocenters. The first kappa shape index (κ1) is 11.0. The second-order valence-corrected chi connectivity index (χ2v) is 3.99. The number of nitrogens with two attached hydrogens (primary N) is 1. The predicted molar refractivity (Wildman–Crippen MR) is 62.3 cm³/mol. The smallest absolute Gasteiger partial charge is 0.223 e. The number of nitrogen functional groups attached to an aromatic ring is 1. The fraction of sp³-hybridized carbons (Fsp3) is 0.273. The van der Waals surface area contributed by atoms with Gasteiger partial charge in [-0.2, -0.15) is 4.98 Å². The third kappa shape index (κ3) is 2.52. The second kappa shape index (κ2) is 4.53. The highest BCUT2D eigenvalue weighted by Gasteiger charge is 2.04. The largest absolute Gasteiger partial charge is 0.398 e. The minimum atomic E-state index is 0.583. The highest BCUT2D eigenvalue weighted by molar-refractivity contribution is 6.33. The van der Waals surface area contributed by atoms with E-state index in [2.05, 4.69) is 10.1 Å². The molecule has 0 amide bonds. The van der Waals surface area contributed by atoms with Gasteiger partial charge in [0.25, 0.3) is 0 Å². The van der Waals surface area contributed by atoms with Crippen LogP contribution < -0.4 is 5.73 Å². The van der Waals surface area contributed by atoms with Crippen molar-refractivity contribution in [3.8, 4) is 0 Å². The van der Waals surface area contributed by atoms with Gasteiger partial charge >= 0.3 is 0 Å². The van der Waals surface area contributed by atoms with E-state index < -0.39 is 0 Å². The van der Waals surface area contributed by atoms with Crippen molar-refractivity contribution in [2.45, 2.75) is 19.8 Å². The minimum Gasteiger partial charge on any atom is -0.398 e. The quantitative estimate of drug-likeness (QED) is 0.833. The molecule has 0 saturated carbocycles. The summed E-state index contributed by atoms with van der Waals surface area (Å²) < 4.78 is 4.89. The van der Waals surface area contributed by atoms with Crippen molar-refractivity contribution in [3.05, 3.63) is 40.5 Å². The summed E-state index contributed by atoms with van der Waals surface area (Å²) in [5.41, 5.74) is 7.43. The molecule has 0 bridgehead atoms. The van der Waals surface area contributed by atoms with Gasteiger partial charge in [-0.1, -0.05) is 22.8 Å². The molecule has 0 atom stereocenters. The van der Waals surface area contributed by atoms with Crippen molar-refractivity contribution >= 4 is 17.3 Å². The monoisotopic (exact) mass is 237 g/mol. The second-order valence-electron chi connectivity index (χ2n) is 3.59. The molecular formula is C11H12ClN3O. The van der Waals surface area contributed by atoms with E-state index in [9.17, 15) is 0 Å². The van der Waals surface area contributed by atoms with Gasteiger partial charge in [-0.05, 0) is 24.1 Å². The number of benzene rings is 1. The molecule has 0 spiro atoms. The van der Waals surface area contributed by atoms with Crippen molar-refractivity contribution in [1.82, 2.24) is 10.1 Å². The van der Waals surface area contributed by atoms with Gasteiger partial charge in [-0.25, -0.2) is 0 Å². The van der Waals surface area contributed by atoms with E-state index in [0.717, 1.165) is 18.4 Å². The van der Waals surface area contributed by atoms with E-state index in [-0.39, 0.29) is 0 Å². The Kier molecular flexibility index (Phi) is 3.10. The Labute approximate surface area is 98.4 Å². The van der Waals surface area contributed by atoms with Crippen LogP contribution in [0.4, 0.5) is 5.69 Å². The maximum atomic E-state index is 5.84. The summed E-state index contributed by atoms with van der Waals surface area (Å²) in [7, 11) is 0. The lowest BCUT2D eigenvalue weighted by molar-refractivity contribution is 0.387. The maximum Gasteiger partial charge on any atom is 0.223 e. The average molecular weight is 238 g/mol. The van der Waals surface area contributed by atoms with Gasteiger partial charge in [0.2, 0.25) is 5.89 Å². The average Bonchev–Trinajstić information content (AvgIpc) is 2.66. The van der Waals surface area contributed by atoms with Crippen molar-refractivity contribution in [2.75, 3.05) is 5.73 Å². The van der Waals surface area contributed by atoms with E-state index >= 15 is 0 Å². The van der Waals surface area contributed by atoms with Gasteiger partial charge in [0.1, 0.15) is 0 Å². The number of aryl methyl sites for hydroxylation is 3. The van der Waals surface area contributed by atoms with E-state index in [4.69, 9.17) is 21.9 Å². The summed E-state index contributed by atoms with van der Waals surface area (Å²) in [6, 6.07) is 5.62. The van der Waals surface area contributed by atoms with E-state index in [1.54, 1.807) is 13.0 Å². The van der Waals surface area contributed by atoms with Crippen LogP contribution in [-0.4, -0.2) is 10.1 Å². The van der Waals surface area contributed by atoms with Crippen molar-refractivity contribution in [3.63, 3.8) is 0 Å². The molecular weight excluding hydrogens is 226 g/mol. The number of aromatic nitrogens is 2. The molecule has 2 rings (SSSR count). The normalized spacial score (nSPS) is 10.6. The van der Waals surface area contributed by atoms with Gasteiger partial charge in [-0.3, -0.25) is 0 Å². The van der Waals surface area contributed by atoms with E-state index in [1.807, 2.05) is 12.1 Å². The maximum absolute atomic E-state index is 5.84. The van der Waals surface area contributed by atoms with Gasteiger partial charge in [0.15, 0.2) is 5.82 Å². The Hall–Kier alpha value is -1.55. The van der Waals surface area contributed by atoms with Crippen LogP contribution in [0.5, 0.6) is 0 Å². The molecule has 2 N–H and O–H groups in total. The van der Waals surface area contributed by atoms with E-state index in [1.165, 1.54) is 0 Å². The summed E-state index contributed by atoms with van der Waals surface area (Å²) in [6.07, 6.45) is 1.55. The molecule has 84 valence electrons. The van der Waals surface area contributed by atoms with Crippen molar-refractivity contribution < 1.29 is 4.52 Å². The van der Waals surface area contributed by atoms with Crippen LogP contribution >= 0.6 is 11.6 Å². The molecule has 4 nitrogen and oxygen atoms in total. The zero-order chi connectivity index (χ0) is 11.5. The summed E-state index contributed by atoms with van der Waals surface area (Å²) in [4.78, 5) is 4.13. The number of rotatable bonds is 3. The zero-order valence-electron chi connectivity index (χ0n) is 8.90. The lowest BCUT2D eigenvalue weighted by Gasteiger charge is -2.02. The highest BCUT2D eigenvalue weighted by Crippen LogP contribution is 2.20. The topological polar surface area (TPSA) is 64.9 Å². The predicted octanol–water partition coefficient (Wildman–Crippen LogP) is 2.40. The molecule has 0 radical (unpaired) electrons. The number of hydrogen-bond donors (Lipinski definition) is 1. The number of nitrogens with zero attached hydrogens (tertiary/aromatic N) is 2. The number of hydrogen-bond acceptors (Lipinski definition) is 4. The Morgan fingerprint density at radius 2 is 2.19 bits per heavy atom. The Bertz CT molecular complexity index is 496. The van der Waals surface area contributed by atoms with Crippen LogP contribution in [0, 0.1) is 6.92 Å². The van der Waals surface area contributed by atoms with Crippen LogP contribution in [0.15, 0.2) is 22.7 Å². The van der Waals surface area contributed by atoms with Gasteiger partial charge in [0.05, 0.1) is 10.7 Å². The molecule has 0 aliphatic rings. The molecule has 1 aromatic heterocycles. The molecule has 0 fully saturated rings. The first-order valence-corrected chi connectivity index (χ1v) is 5.36. The van der Waals surface area contributed by atoms with Gasteiger partial charge in [-0.15, -0.1) is 0 Å². The lowest BCUT2D eigenvalue weighted by Crippen LogP contribution is -1.95. The molecule has 1 heterocycles. The van der Waals surface area contributed by atoms with Crippen LogP contribution in [0.2, 0.25) is 5.02 Å². The summed E-state index contributed by atoms with van der Waals surface area (Å²) >= 11 is 5.84. The fourth-order valence-corrected chi connectivity index (χ4v) is 1.57. The van der Waals surface area contributed by atoms with Crippen LogP contribution in [0.1, 0.15) is 17.3 Å².